The molecule has 0 heterocycles. The van der Waals surface area contributed by atoms with Crippen molar-refractivity contribution in [2.24, 2.45) is 5.90 Å². The molecule has 0 saturated carbocycles. The molecule has 0 bridgehead atoms. The number of rotatable bonds is 5. The molecule has 2 N–H and O–H groups in total. The molecule has 0 aliphatic heterocycles. The Balaban J connectivity index is 2.48. The lowest BCUT2D eigenvalue weighted by atomic mass is 10.1. The maximum atomic E-state index is 4.71. The molecule has 4 heteroatoms. The van der Waals surface area contributed by atoms with Crippen molar-refractivity contribution in [2.45, 2.75) is 24.7 Å². The maximum Gasteiger partial charge on any atom is 0.0702 e. The first kappa shape index (κ1) is 10.5. The highest BCUT2D eigenvalue weighted by Gasteiger charge is 1.95. The predicted octanol–water partition coefficient (Wildman–Crippen LogP) is 2.47. The normalized spacial score (nSPS) is 10.3. The van der Waals surface area contributed by atoms with Crippen LogP contribution in [0.1, 0.15) is 18.9 Å². The molecule has 13 heavy (non-hydrogen) atoms. The predicted molar refractivity (Wildman–Crippen MR) is 52.7 cm³/mol. The SMILES string of the molecule is CCCc1ccc(SOON)cc1. The van der Waals surface area contributed by atoms with E-state index in [4.69, 9.17) is 5.90 Å². The van der Waals surface area contributed by atoms with Crippen LogP contribution >= 0.6 is 12.0 Å². The van der Waals surface area contributed by atoms with Gasteiger partial charge in [0.15, 0.2) is 0 Å². The van der Waals surface area contributed by atoms with Crippen LogP contribution in [0.15, 0.2) is 29.2 Å². The summed E-state index contributed by atoms with van der Waals surface area (Å²) in [5.74, 6) is 4.71. The van der Waals surface area contributed by atoms with Gasteiger partial charge in [0.25, 0.3) is 0 Å². The number of hydrogen-bond donors (Lipinski definition) is 1. The minimum atomic E-state index is 0.977. The molecule has 1 aromatic carbocycles. The maximum absolute atomic E-state index is 4.71. The summed E-state index contributed by atoms with van der Waals surface area (Å²) < 4.78 is 4.51. The van der Waals surface area contributed by atoms with Gasteiger partial charge >= 0.3 is 0 Å². The van der Waals surface area contributed by atoms with Crippen LogP contribution in [0, 0.1) is 0 Å². The van der Waals surface area contributed by atoms with Crippen molar-refractivity contribution >= 4 is 12.0 Å². The Hall–Kier alpha value is -0.550. The van der Waals surface area contributed by atoms with Gasteiger partial charge in [0.05, 0.1) is 12.0 Å². The Morgan fingerprint density at radius 3 is 2.54 bits per heavy atom. The van der Waals surface area contributed by atoms with E-state index < -0.39 is 0 Å². The molecular formula is C9H13NO2S. The average molecular weight is 199 g/mol. The van der Waals surface area contributed by atoms with Gasteiger partial charge in [-0.1, -0.05) is 25.5 Å². The van der Waals surface area contributed by atoms with Crippen molar-refractivity contribution in [3.05, 3.63) is 29.8 Å². The Kier molecular flexibility index (Phi) is 4.85. The van der Waals surface area contributed by atoms with Crippen molar-refractivity contribution in [3.8, 4) is 0 Å². The Morgan fingerprint density at radius 2 is 2.00 bits per heavy atom. The van der Waals surface area contributed by atoms with E-state index in [2.05, 4.69) is 28.4 Å². The van der Waals surface area contributed by atoms with Gasteiger partial charge < -0.3 is 0 Å². The molecule has 0 amide bonds. The highest BCUT2D eigenvalue weighted by atomic mass is 32.2. The molecule has 1 aromatic rings. The first-order valence-electron chi connectivity index (χ1n) is 4.16. The van der Waals surface area contributed by atoms with Crippen molar-refractivity contribution in [3.63, 3.8) is 0 Å². The van der Waals surface area contributed by atoms with Crippen molar-refractivity contribution in [1.29, 1.82) is 0 Å². The minimum absolute atomic E-state index is 0.977. The summed E-state index contributed by atoms with van der Waals surface area (Å²) in [4.78, 5) is 4.96. The zero-order chi connectivity index (χ0) is 9.52. The van der Waals surface area contributed by atoms with Crippen LogP contribution in [0.5, 0.6) is 0 Å². The van der Waals surface area contributed by atoms with Gasteiger partial charge in [0.1, 0.15) is 0 Å². The van der Waals surface area contributed by atoms with Crippen molar-refractivity contribution in [2.75, 3.05) is 0 Å². The fourth-order valence-corrected chi connectivity index (χ4v) is 1.42. The summed E-state index contributed by atoms with van der Waals surface area (Å²) in [7, 11) is 0. The third-order valence-electron chi connectivity index (χ3n) is 1.63. The molecule has 0 aliphatic carbocycles. The van der Waals surface area contributed by atoms with E-state index in [-0.39, 0.29) is 0 Å². The molecule has 0 fully saturated rings. The zero-order valence-corrected chi connectivity index (χ0v) is 8.34. The second kappa shape index (κ2) is 5.99. The summed E-state index contributed by atoms with van der Waals surface area (Å²) in [5, 5.41) is 0. The lowest BCUT2D eigenvalue weighted by molar-refractivity contribution is -0.195. The van der Waals surface area contributed by atoms with Gasteiger partial charge in [0.2, 0.25) is 0 Å². The van der Waals surface area contributed by atoms with Crippen LogP contribution in [0.4, 0.5) is 0 Å². The van der Waals surface area contributed by atoms with Crippen LogP contribution in [-0.2, 0) is 15.7 Å². The summed E-state index contributed by atoms with van der Waals surface area (Å²) in [6, 6.07) is 8.11. The lowest BCUT2D eigenvalue weighted by Gasteiger charge is -2.00. The van der Waals surface area contributed by atoms with E-state index in [1.165, 1.54) is 5.56 Å². The monoisotopic (exact) mass is 199 g/mol. The second-order valence-corrected chi connectivity index (χ2v) is 3.42. The molecule has 72 valence electrons. The molecule has 0 saturated heterocycles. The Labute approximate surface area is 82.3 Å². The first-order chi connectivity index (χ1) is 6.36. The molecular weight excluding hydrogens is 186 g/mol. The van der Waals surface area contributed by atoms with Crippen molar-refractivity contribution in [1.82, 2.24) is 0 Å². The molecule has 0 aliphatic rings. The van der Waals surface area contributed by atoms with Crippen molar-refractivity contribution < 1.29 is 9.32 Å². The topological polar surface area (TPSA) is 44.5 Å². The third kappa shape index (κ3) is 3.78. The van der Waals surface area contributed by atoms with E-state index in [1.54, 1.807) is 0 Å². The van der Waals surface area contributed by atoms with Crippen LogP contribution in [0.3, 0.4) is 0 Å². The molecule has 0 aromatic heterocycles. The van der Waals surface area contributed by atoms with E-state index in [0.29, 0.717) is 0 Å². The standard InChI is InChI=1S/C9H13NO2S/c1-2-3-8-4-6-9(7-5-8)13-12-11-10/h4-7H,2-3,10H2,1H3. The largest absolute Gasteiger partial charge is 0.182 e. The first-order valence-corrected chi connectivity index (χ1v) is 4.90. The van der Waals surface area contributed by atoms with Gasteiger partial charge in [-0.15, -0.1) is 9.32 Å². The highest BCUT2D eigenvalue weighted by molar-refractivity contribution is 7.94. The van der Waals surface area contributed by atoms with Gasteiger partial charge in [-0.2, -0.15) is 5.90 Å². The van der Waals surface area contributed by atoms with E-state index >= 15 is 0 Å². The van der Waals surface area contributed by atoms with Gasteiger partial charge in [-0.05, 0) is 24.1 Å². The second-order valence-electron chi connectivity index (χ2n) is 2.64. The summed E-state index contributed by atoms with van der Waals surface area (Å²) in [6.45, 7) is 2.16. The highest BCUT2D eigenvalue weighted by Crippen LogP contribution is 2.19. The molecule has 0 radical (unpaired) electrons. The quantitative estimate of drug-likeness (QED) is 0.449. The van der Waals surface area contributed by atoms with E-state index in [0.717, 1.165) is 29.8 Å². The van der Waals surface area contributed by atoms with Gasteiger partial charge in [-0.3, -0.25) is 0 Å². The lowest BCUT2D eigenvalue weighted by Crippen LogP contribution is -1.93. The number of aryl methyl sites for hydroxylation is 1. The van der Waals surface area contributed by atoms with E-state index in [1.807, 2.05) is 12.1 Å². The van der Waals surface area contributed by atoms with Crippen LogP contribution in [-0.4, -0.2) is 0 Å². The van der Waals surface area contributed by atoms with Gasteiger partial charge in [0, 0.05) is 4.90 Å². The molecule has 0 spiro atoms. The van der Waals surface area contributed by atoms with Crippen LogP contribution < -0.4 is 5.90 Å². The fraction of sp³-hybridized carbons (Fsp3) is 0.333. The third-order valence-corrected chi connectivity index (χ3v) is 2.24. The Morgan fingerprint density at radius 1 is 1.31 bits per heavy atom. The average Bonchev–Trinajstić information content (AvgIpc) is 2.17. The fourth-order valence-electron chi connectivity index (χ4n) is 1.06. The molecule has 0 atom stereocenters. The number of hydrogen-bond acceptors (Lipinski definition) is 4. The van der Waals surface area contributed by atoms with E-state index in [9.17, 15) is 0 Å². The number of benzene rings is 1. The summed E-state index contributed by atoms with van der Waals surface area (Å²) in [6.07, 6.45) is 2.27. The summed E-state index contributed by atoms with van der Waals surface area (Å²) >= 11 is 1.10. The zero-order valence-electron chi connectivity index (χ0n) is 7.53. The van der Waals surface area contributed by atoms with Crippen LogP contribution in [0.25, 0.3) is 0 Å². The molecule has 3 nitrogen and oxygen atoms in total. The smallest absolute Gasteiger partial charge is 0.0702 e. The molecule has 1 rings (SSSR count). The Bertz CT molecular complexity index is 238. The summed E-state index contributed by atoms with van der Waals surface area (Å²) in [5.41, 5.74) is 1.33. The minimum Gasteiger partial charge on any atom is -0.182 e. The van der Waals surface area contributed by atoms with Crippen LogP contribution in [0.2, 0.25) is 0 Å². The number of nitrogens with two attached hydrogens (primary N) is 1. The molecule has 0 unspecified atom stereocenters. The van der Waals surface area contributed by atoms with Gasteiger partial charge in [-0.25, -0.2) is 0 Å².